The van der Waals surface area contributed by atoms with Crippen LogP contribution in [0.15, 0.2) is 30.5 Å². The van der Waals surface area contributed by atoms with Gasteiger partial charge in [0.1, 0.15) is 5.82 Å². The van der Waals surface area contributed by atoms with Crippen molar-refractivity contribution >= 4 is 51.6 Å². The number of anilines is 1. The minimum atomic E-state index is -0.571. The number of hydrogen-bond donors (Lipinski definition) is 1. The summed E-state index contributed by atoms with van der Waals surface area (Å²) in [5, 5.41) is 13.3. The van der Waals surface area contributed by atoms with Crippen molar-refractivity contribution in [3.05, 3.63) is 60.3 Å². The van der Waals surface area contributed by atoms with Gasteiger partial charge in [0.05, 0.1) is 15.5 Å². The number of nitro benzene ring substituents is 1. The normalized spacial score (nSPS) is 10.2. The van der Waals surface area contributed by atoms with Crippen LogP contribution in [0.4, 0.5) is 11.5 Å². The standard InChI is InChI=1S/C13H9ClIN3O3/c1-7-4-8(15)6-16-12(7)17-13(19)10-3-2-9(18(20)21)5-11(10)14/h2-6H,1H3,(H,16,17,19). The monoisotopic (exact) mass is 417 g/mol. The molecule has 108 valence electrons. The first-order valence-electron chi connectivity index (χ1n) is 5.76. The third kappa shape index (κ3) is 3.67. The van der Waals surface area contributed by atoms with Gasteiger partial charge in [-0.1, -0.05) is 11.6 Å². The molecule has 1 aromatic carbocycles. The highest BCUT2D eigenvalue weighted by Gasteiger charge is 2.16. The van der Waals surface area contributed by atoms with Crippen molar-refractivity contribution in [3.63, 3.8) is 0 Å². The molecule has 0 saturated carbocycles. The quantitative estimate of drug-likeness (QED) is 0.467. The van der Waals surface area contributed by atoms with Gasteiger partial charge in [-0.3, -0.25) is 14.9 Å². The van der Waals surface area contributed by atoms with E-state index in [1.54, 1.807) is 6.20 Å². The van der Waals surface area contributed by atoms with Crippen LogP contribution in [0.25, 0.3) is 0 Å². The van der Waals surface area contributed by atoms with E-state index in [1.807, 2.05) is 13.0 Å². The molecule has 0 atom stereocenters. The van der Waals surface area contributed by atoms with E-state index in [1.165, 1.54) is 12.1 Å². The summed E-state index contributed by atoms with van der Waals surface area (Å²) in [6, 6.07) is 5.57. The van der Waals surface area contributed by atoms with E-state index in [9.17, 15) is 14.9 Å². The van der Waals surface area contributed by atoms with Gasteiger partial charge in [-0.15, -0.1) is 0 Å². The smallest absolute Gasteiger partial charge is 0.270 e. The first-order valence-corrected chi connectivity index (χ1v) is 7.21. The molecule has 0 aliphatic rings. The highest BCUT2D eigenvalue weighted by Crippen LogP contribution is 2.23. The maximum absolute atomic E-state index is 12.1. The van der Waals surface area contributed by atoms with E-state index in [2.05, 4.69) is 32.9 Å². The molecule has 0 fully saturated rings. The first kappa shape index (κ1) is 15.6. The Morgan fingerprint density at radius 3 is 2.71 bits per heavy atom. The molecule has 2 aromatic rings. The summed E-state index contributed by atoms with van der Waals surface area (Å²) >= 11 is 8.03. The highest BCUT2D eigenvalue weighted by molar-refractivity contribution is 14.1. The summed E-state index contributed by atoms with van der Waals surface area (Å²) in [4.78, 5) is 26.3. The molecule has 0 unspecified atom stereocenters. The summed E-state index contributed by atoms with van der Waals surface area (Å²) in [5.74, 6) is -0.0402. The number of pyridine rings is 1. The predicted octanol–water partition coefficient (Wildman–Crippen LogP) is 3.81. The molecular weight excluding hydrogens is 409 g/mol. The average molecular weight is 418 g/mol. The van der Waals surface area contributed by atoms with Gasteiger partial charge in [0.2, 0.25) is 0 Å². The molecule has 0 bridgehead atoms. The molecule has 0 saturated heterocycles. The van der Waals surface area contributed by atoms with Gasteiger partial charge in [0.15, 0.2) is 0 Å². The van der Waals surface area contributed by atoms with Crippen molar-refractivity contribution in [1.29, 1.82) is 0 Å². The van der Waals surface area contributed by atoms with Crippen molar-refractivity contribution in [2.75, 3.05) is 5.32 Å². The Morgan fingerprint density at radius 1 is 1.43 bits per heavy atom. The summed E-state index contributed by atoms with van der Waals surface area (Å²) in [5.41, 5.74) is 0.801. The average Bonchev–Trinajstić information content (AvgIpc) is 2.41. The molecule has 1 aromatic heterocycles. The van der Waals surface area contributed by atoms with E-state index in [0.717, 1.165) is 15.2 Å². The van der Waals surface area contributed by atoms with Crippen molar-refractivity contribution in [3.8, 4) is 0 Å². The molecule has 1 N–H and O–H groups in total. The second-order valence-electron chi connectivity index (χ2n) is 4.19. The van der Waals surface area contributed by atoms with Crippen molar-refractivity contribution < 1.29 is 9.72 Å². The molecular formula is C13H9ClIN3O3. The predicted molar refractivity (Wildman–Crippen MR) is 87.8 cm³/mol. The lowest BCUT2D eigenvalue weighted by molar-refractivity contribution is -0.384. The fourth-order valence-electron chi connectivity index (χ4n) is 1.65. The number of hydrogen-bond acceptors (Lipinski definition) is 4. The molecule has 21 heavy (non-hydrogen) atoms. The van der Waals surface area contributed by atoms with Crippen LogP contribution < -0.4 is 5.32 Å². The Balaban J connectivity index is 2.26. The number of aromatic nitrogens is 1. The minimum Gasteiger partial charge on any atom is -0.306 e. The zero-order valence-electron chi connectivity index (χ0n) is 10.8. The SMILES string of the molecule is Cc1cc(I)cnc1NC(=O)c1ccc([N+](=O)[O-])cc1Cl. The Morgan fingerprint density at radius 2 is 2.14 bits per heavy atom. The fraction of sp³-hybridized carbons (Fsp3) is 0.0769. The fourth-order valence-corrected chi connectivity index (χ4v) is 2.51. The molecule has 0 aliphatic heterocycles. The second kappa shape index (κ2) is 6.35. The Labute approximate surface area is 138 Å². The number of nitro groups is 1. The molecule has 1 heterocycles. The summed E-state index contributed by atoms with van der Waals surface area (Å²) in [6.07, 6.45) is 1.63. The number of aryl methyl sites for hydroxylation is 1. The van der Waals surface area contributed by atoms with E-state index in [4.69, 9.17) is 11.6 Å². The van der Waals surface area contributed by atoms with E-state index in [-0.39, 0.29) is 16.3 Å². The van der Waals surface area contributed by atoms with Crippen LogP contribution in [-0.2, 0) is 0 Å². The van der Waals surface area contributed by atoms with Gasteiger partial charge < -0.3 is 5.32 Å². The molecule has 2 rings (SSSR count). The van der Waals surface area contributed by atoms with Gasteiger partial charge in [-0.05, 0) is 47.2 Å². The number of carbonyl (C=O) groups excluding carboxylic acids is 1. The topological polar surface area (TPSA) is 85.1 Å². The lowest BCUT2D eigenvalue weighted by Crippen LogP contribution is -2.14. The lowest BCUT2D eigenvalue weighted by atomic mass is 10.2. The zero-order chi connectivity index (χ0) is 15.6. The molecule has 0 radical (unpaired) electrons. The maximum Gasteiger partial charge on any atom is 0.270 e. The van der Waals surface area contributed by atoms with E-state index >= 15 is 0 Å². The molecule has 0 spiro atoms. The highest BCUT2D eigenvalue weighted by atomic mass is 127. The number of nitrogens with zero attached hydrogens (tertiary/aromatic N) is 2. The maximum atomic E-state index is 12.1. The third-order valence-electron chi connectivity index (χ3n) is 2.68. The van der Waals surface area contributed by atoms with Gasteiger partial charge in [0.25, 0.3) is 11.6 Å². The number of benzene rings is 1. The third-order valence-corrected chi connectivity index (χ3v) is 3.59. The van der Waals surface area contributed by atoms with E-state index < -0.39 is 10.8 Å². The largest absolute Gasteiger partial charge is 0.306 e. The lowest BCUT2D eigenvalue weighted by Gasteiger charge is -2.08. The Kier molecular flexibility index (Phi) is 4.73. The summed E-state index contributed by atoms with van der Waals surface area (Å²) in [7, 11) is 0. The van der Waals surface area contributed by atoms with Crippen LogP contribution in [0.1, 0.15) is 15.9 Å². The number of halogens is 2. The van der Waals surface area contributed by atoms with Gasteiger partial charge in [0, 0.05) is 21.9 Å². The van der Waals surface area contributed by atoms with Crippen LogP contribution in [0.2, 0.25) is 5.02 Å². The number of nitrogens with one attached hydrogen (secondary N) is 1. The van der Waals surface area contributed by atoms with Crippen LogP contribution in [-0.4, -0.2) is 15.8 Å². The number of rotatable bonds is 3. The Bertz CT molecular complexity index is 737. The molecule has 8 heteroatoms. The van der Waals surface area contributed by atoms with Gasteiger partial charge >= 0.3 is 0 Å². The summed E-state index contributed by atoms with van der Waals surface area (Å²) < 4.78 is 0.955. The second-order valence-corrected chi connectivity index (χ2v) is 5.85. The molecule has 0 aliphatic carbocycles. The minimum absolute atomic E-state index is 0.0184. The first-order chi connectivity index (χ1) is 9.88. The van der Waals surface area contributed by atoms with Gasteiger partial charge in [-0.25, -0.2) is 4.98 Å². The summed E-state index contributed by atoms with van der Waals surface area (Å²) in [6.45, 7) is 1.82. The van der Waals surface area contributed by atoms with Crippen molar-refractivity contribution in [2.24, 2.45) is 0 Å². The van der Waals surface area contributed by atoms with Gasteiger partial charge in [-0.2, -0.15) is 0 Å². The number of carbonyl (C=O) groups is 1. The van der Waals surface area contributed by atoms with Crippen LogP contribution in [0, 0.1) is 20.6 Å². The Hall–Kier alpha value is -1.74. The van der Waals surface area contributed by atoms with Crippen LogP contribution in [0.5, 0.6) is 0 Å². The number of amides is 1. The van der Waals surface area contributed by atoms with Crippen molar-refractivity contribution in [2.45, 2.75) is 6.92 Å². The molecule has 1 amide bonds. The van der Waals surface area contributed by atoms with Crippen LogP contribution >= 0.6 is 34.2 Å². The van der Waals surface area contributed by atoms with Crippen LogP contribution in [0.3, 0.4) is 0 Å². The van der Waals surface area contributed by atoms with Crippen molar-refractivity contribution in [1.82, 2.24) is 4.98 Å². The zero-order valence-corrected chi connectivity index (χ0v) is 13.7. The molecule has 6 nitrogen and oxygen atoms in total. The number of non-ortho nitro benzene ring substituents is 1. The van der Waals surface area contributed by atoms with E-state index in [0.29, 0.717) is 5.82 Å².